The molecule has 0 bridgehead atoms. The third kappa shape index (κ3) is 4.37. The summed E-state index contributed by atoms with van der Waals surface area (Å²) in [5.74, 6) is 1.79. The van der Waals surface area contributed by atoms with Crippen LogP contribution in [0.4, 0.5) is 5.95 Å². The Morgan fingerprint density at radius 1 is 1.09 bits per heavy atom. The van der Waals surface area contributed by atoms with E-state index in [1.54, 1.807) is 30.8 Å². The lowest BCUT2D eigenvalue weighted by atomic mass is 9.98. The minimum atomic E-state index is -0.144. The summed E-state index contributed by atoms with van der Waals surface area (Å²) in [5.41, 5.74) is 2.98. The average Bonchev–Trinajstić information content (AvgIpc) is 3.13. The Hall–Kier alpha value is -3.92. The highest BCUT2D eigenvalue weighted by atomic mass is 16.5. The normalized spacial score (nSPS) is 16.5. The molecule has 1 aliphatic rings. The zero-order valence-corrected chi connectivity index (χ0v) is 18.4. The predicted octanol–water partition coefficient (Wildman–Crippen LogP) is 2.22. The van der Waals surface area contributed by atoms with Crippen LogP contribution in [-0.4, -0.2) is 56.0 Å². The molecule has 0 spiro atoms. The van der Waals surface area contributed by atoms with E-state index in [1.807, 2.05) is 12.1 Å². The van der Waals surface area contributed by atoms with Gasteiger partial charge in [0.25, 0.3) is 11.4 Å². The van der Waals surface area contributed by atoms with Gasteiger partial charge in [-0.1, -0.05) is 17.3 Å². The quantitative estimate of drug-likeness (QED) is 0.467. The average molecular weight is 445 g/mol. The van der Waals surface area contributed by atoms with Gasteiger partial charge in [-0.15, -0.1) is 0 Å². The van der Waals surface area contributed by atoms with Gasteiger partial charge in [0.15, 0.2) is 5.82 Å². The molecule has 5 rings (SSSR count). The molecule has 0 radical (unpaired) electrons. The largest absolute Gasteiger partial charge is 0.379 e. The van der Waals surface area contributed by atoms with E-state index in [2.05, 4.69) is 37.1 Å². The highest BCUT2D eigenvalue weighted by Crippen LogP contribution is 2.26. The molecule has 3 aromatic heterocycles. The van der Waals surface area contributed by atoms with Gasteiger partial charge in [-0.2, -0.15) is 4.98 Å². The van der Waals surface area contributed by atoms with Crippen molar-refractivity contribution in [2.45, 2.75) is 12.8 Å². The van der Waals surface area contributed by atoms with Crippen LogP contribution in [-0.2, 0) is 11.8 Å². The van der Waals surface area contributed by atoms with Gasteiger partial charge in [0.1, 0.15) is 6.33 Å². The van der Waals surface area contributed by atoms with Crippen molar-refractivity contribution in [3.05, 3.63) is 70.7 Å². The summed E-state index contributed by atoms with van der Waals surface area (Å²) in [6, 6.07) is 11.3. The number of hydrogen-bond donors (Lipinski definition) is 0. The van der Waals surface area contributed by atoms with Crippen LogP contribution in [0, 0.1) is 6.92 Å². The van der Waals surface area contributed by atoms with E-state index in [1.165, 1.54) is 12.4 Å². The highest BCUT2D eigenvalue weighted by Gasteiger charge is 2.24. The number of nitrogens with zero attached hydrogens (tertiary/aromatic N) is 7. The third-order valence-corrected chi connectivity index (χ3v) is 5.66. The van der Waals surface area contributed by atoms with E-state index in [4.69, 9.17) is 14.2 Å². The van der Waals surface area contributed by atoms with Gasteiger partial charge in [-0.05, 0) is 30.7 Å². The maximum Gasteiger partial charge on any atom is 0.257 e. The fourth-order valence-corrected chi connectivity index (χ4v) is 3.89. The summed E-state index contributed by atoms with van der Waals surface area (Å²) in [5, 5.41) is 3.85. The minimum Gasteiger partial charge on any atom is -0.379 e. The van der Waals surface area contributed by atoms with Gasteiger partial charge in [0, 0.05) is 43.9 Å². The van der Waals surface area contributed by atoms with Crippen molar-refractivity contribution in [1.29, 1.82) is 0 Å². The van der Waals surface area contributed by atoms with E-state index in [0.29, 0.717) is 55.4 Å². The zero-order valence-electron chi connectivity index (χ0n) is 18.4. The van der Waals surface area contributed by atoms with Crippen molar-refractivity contribution in [2.75, 3.05) is 31.2 Å². The molecule has 1 aromatic carbocycles. The number of benzene rings is 1. The van der Waals surface area contributed by atoms with E-state index in [-0.39, 0.29) is 11.5 Å². The number of rotatable bonds is 4. The van der Waals surface area contributed by atoms with Crippen LogP contribution < -0.4 is 10.5 Å². The summed E-state index contributed by atoms with van der Waals surface area (Å²) < 4.78 is 12.7. The first-order valence-electron chi connectivity index (χ1n) is 10.7. The molecule has 0 N–H and O–H groups in total. The number of ether oxygens (including phenoxy) is 1. The topological polar surface area (TPSA) is 112 Å². The number of hydrogen-bond acceptors (Lipinski definition) is 9. The summed E-state index contributed by atoms with van der Waals surface area (Å²) in [7, 11) is 1.73. The second-order valence-corrected chi connectivity index (χ2v) is 7.92. The molecule has 168 valence electrons. The number of aromatic nitrogens is 6. The lowest BCUT2D eigenvalue weighted by molar-refractivity contribution is 0.142. The Kier molecular flexibility index (Phi) is 5.66. The van der Waals surface area contributed by atoms with Crippen molar-refractivity contribution in [1.82, 2.24) is 29.7 Å². The molecule has 10 nitrogen and oxygen atoms in total. The number of anilines is 1. The first-order valence-corrected chi connectivity index (χ1v) is 10.7. The van der Waals surface area contributed by atoms with Gasteiger partial charge in [-0.25, -0.2) is 15.0 Å². The van der Waals surface area contributed by atoms with Gasteiger partial charge in [0.2, 0.25) is 5.95 Å². The first-order chi connectivity index (χ1) is 16.1. The molecule has 0 saturated carbocycles. The van der Waals surface area contributed by atoms with Crippen molar-refractivity contribution >= 4 is 5.95 Å². The van der Waals surface area contributed by atoms with Crippen LogP contribution in [0.2, 0.25) is 0 Å². The second kappa shape index (κ2) is 8.91. The van der Waals surface area contributed by atoms with Crippen LogP contribution in [0.25, 0.3) is 22.8 Å². The minimum absolute atomic E-state index is 0.102. The van der Waals surface area contributed by atoms with Gasteiger partial charge in [0.05, 0.1) is 24.6 Å². The smallest absolute Gasteiger partial charge is 0.257 e. The Bertz CT molecular complexity index is 1300. The molecule has 1 fully saturated rings. The molecule has 1 aliphatic heterocycles. The highest BCUT2D eigenvalue weighted by molar-refractivity contribution is 5.56. The first kappa shape index (κ1) is 21.0. The van der Waals surface area contributed by atoms with E-state index in [9.17, 15) is 4.79 Å². The third-order valence-electron chi connectivity index (χ3n) is 5.66. The summed E-state index contributed by atoms with van der Waals surface area (Å²) in [4.78, 5) is 32.0. The fraction of sp³-hybridized carbons (Fsp3) is 0.304. The van der Waals surface area contributed by atoms with Gasteiger partial charge < -0.3 is 14.2 Å². The van der Waals surface area contributed by atoms with Crippen molar-refractivity contribution in [2.24, 2.45) is 7.05 Å². The Morgan fingerprint density at radius 3 is 2.67 bits per heavy atom. The standard InChI is InChI=1S/C23H23N7O3/c1-15-26-22(33-28-15)17-5-3-16(4-6-17)18-12-30(9-10-32-13-18)23-27-20(11-21(31)29(23)2)19-7-8-24-14-25-19/h3-8,11,14,18H,9-10,12-13H2,1-2H3. The van der Waals surface area contributed by atoms with Crippen molar-refractivity contribution in [3.8, 4) is 22.8 Å². The Morgan fingerprint density at radius 2 is 1.94 bits per heavy atom. The van der Waals surface area contributed by atoms with Crippen LogP contribution in [0.1, 0.15) is 17.3 Å². The van der Waals surface area contributed by atoms with Gasteiger partial charge in [-0.3, -0.25) is 9.36 Å². The Balaban J connectivity index is 1.43. The van der Waals surface area contributed by atoms with Crippen molar-refractivity contribution in [3.63, 3.8) is 0 Å². The molecule has 0 aliphatic carbocycles. The molecule has 1 saturated heterocycles. The molecule has 0 amide bonds. The van der Waals surface area contributed by atoms with Crippen LogP contribution in [0.5, 0.6) is 0 Å². The maximum absolute atomic E-state index is 12.7. The van der Waals surface area contributed by atoms with E-state index < -0.39 is 0 Å². The van der Waals surface area contributed by atoms with E-state index in [0.717, 1.165) is 11.1 Å². The molecular weight excluding hydrogens is 422 g/mol. The molecule has 1 atom stereocenters. The van der Waals surface area contributed by atoms with Gasteiger partial charge >= 0.3 is 0 Å². The molecular formula is C23H23N7O3. The maximum atomic E-state index is 12.7. The SMILES string of the molecule is Cc1noc(-c2ccc(C3COCCN(c4nc(-c5ccncn5)cc(=O)n4C)C3)cc2)n1. The van der Waals surface area contributed by atoms with Crippen LogP contribution in [0.3, 0.4) is 0 Å². The fourth-order valence-electron chi connectivity index (χ4n) is 3.89. The lowest BCUT2D eigenvalue weighted by Crippen LogP contribution is -2.35. The molecule has 1 unspecified atom stereocenters. The summed E-state index contributed by atoms with van der Waals surface area (Å²) >= 11 is 0. The molecule has 33 heavy (non-hydrogen) atoms. The summed E-state index contributed by atoms with van der Waals surface area (Å²) in [6.45, 7) is 4.20. The predicted molar refractivity (Wildman–Crippen MR) is 121 cm³/mol. The molecule has 10 heteroatoms. The summed E-state index contributed by atoms with van der Waals surface area (Å²) in [6.07, 6.45) is 3.08. The zero-order chi connectivity index (χ0) is 22.8. The molecule has 4 heterocycles. The molecule has 4 aromatic rings. The van der Waals surface area contributed by atoms with E-state index >= 15 is 0 Å². The van der Waals surface area contributed by atoms with Crippen LogP contribution in [0.15, 0.2) is 58.2 Å². The number of aryl methyl sites for hydroxylation is 1. The Labute approximate surface area is 189 Å². The second-order valence-electron chi connectivity index (χ2n) is 7.92. The van der Waals surface area contributed by atoms with Crippen molar-refractivity contribution < 1.29 is 9.26 Å². The lowest BCUT2D eigenvalue weighted by Gasteiger charge is -2.26. The van der Waals surface area contributed by atoms with Crippen LogP contribution >= 0.6 is 0 Å². The monoisotopic (exact) mass is 445 g/mol.